The van der Waals surface area contributed by atoms with Gasteiger partial charge in [0.1, 0.15) is 5.60 Å². The van der Waals surface area contributed by atoms with Crippen molar-refractivity contribution < 1.29 is 9.53 Å². The first-order valence-corrected chi connectivity index (χ1v) is 6.55. The predicted molar refractivity (Wildman–Crippen MR) is 70.5 cm³/mol. The number of nitrogen functional groups attached to an aromatic ring is 1. The number of nitrogens with zero attached hydrogens (tertiary/aromatic N) is 1. The van der Waals surface area contributed by atoms with Gasteiger partial charge in [-0.25, -0.2) is 4.79 Å². The molecule has 1 aromatic carbocycles. The molecule has 96 valence electrons. The van der Waals surface area contributed by atoms with Crippen molar-refractivity contribution in [1.82, 2.24) is 0 Å². The standard InChI is InChI=1S/C14H18N2O2/c15-11-5-1-2-6-12(11)16-10-9-14(18-13(16)17)7-3-4-8-14/h1-2,5-6H,3-4,7-10,15H2. The summed E-state index contributed by atoms with van der Waals surface area (Å²) in [6.45, 7) is 0.701. The lowest BCUT2D eigenvalue weighted by Crippen LogP contribution is -2.48. The van der Waals surface area contributed by atoms with Gasteiger partial charge in [-0.2, -0.15) is 0 Å². The van der Waals surface area contributed by atoms with Crippen molar-refractivity contribution in [2.75, 3.05) is 17.2 Å². The van der Waals surface area contributed by atoms with Crippen molar-refractivity contribution in [3.8, 4) is 0 Å². The molecule has 1 aliphatic carbocycles. The summed E-state index contributed by atoms with van der Waals surface area (Å²) in [4.78, 5) is 13.8. The van der Waals surface area contributed by atoms with Gasteiger partial charge in [0.25, 0.3) is 0 Å². The summed E-state index contributed by atoms with van der Waals surface area (Å²) in [5, 5.41) is 0. The van der Waals surface area contributed by atoms with Gasteiger partial charge in [-0.1, -0.05) is 12.1 Å². The minimum Gasteiger partial charge on any atom is -0.442 e. The minimum atomic E-state index is -0.249. The molecule has 1 saturated carbocycles. The first-order chi connectivity index (χ1) is 8.70. The van der Waals surface area contributed by atoms with Gasteiger partial charge in [0.2, 0.25) is 0 Å². The van der Waals surface area contributed by atoms with Crippen LogP contribution in [0.25, 0.3) is 0 Å². The molecule has 2 aliphatic rings. The maximum absolute atomic E-state index is 12.2. The zero-order valence-corrected chi connectivity index (χ0v) is 10.4. The van der Waals surface area contributed by atoms with Gasteiger partial charge in [0.15, 0.2) is 0 Å². The molecule has 2 N–H and O–H groups in total. The van der Waals surface area contributed by atoms with E-state index in [1.54, 1.807) is 4.90 Å². The Morgan fingerprint density at radius 1 is 1.17 bits per heavy atom. The molecule has 1 aromatic rings. The number of hydrogen-bond donors (Lipinski definition) is 1. The highest BCUT2D eigenvalue weighted by atomic mass is 16.6. The normalized spacial score (nSPS) is 22.2. The van der Waals surface area contributed by atoms with Crippen LogP contribution in [0.1, 0.15) is 32.1 Å². The van der Waals surface area contributed by atoms with Crippen LogP contribution in [0.3, 0.4) is 0 Å². The van der Waals surface area contributed by atoms with Crippen molar-refractivity contribution in [1.29, 1.82) is 0 Å². The summed E-state index contributed by atoms with van der Waals surface area (Å²) >= 11 is 0. The molecule has 0 unspecified atom stereocenters. The fourth-order valence-electron chi connectivity index (χ4n) is 3.02. The number of amides is 1. The zero-order chi connectivity index (χ0) is 12.6. The van der Waals surface area contributed by atoms with Gasteiger partial charge < -0.3 is 10.5 Å². The fourth-order valence-corrected chi connectivity index (χ4v) is 3.02. The number of carbonyl (C=O) groups excluding carboxylic acids is 1. The molecular weight excluding hydrogens is 228 g/mol. The van der Waals surface area contributed by atoms with Crippen LogP contribution in [0, 0.1) is 0 Å². The van der Waals surface area contributed by atoms with Crippen LogP contribution in [-0.4, -0.2) is 18.2 Å². The molecule has 0 bridgehead atoms. The highest BCUT2D eigenvalue weighted by molar-refractivity contribution is 5.92. The molecule has 1 spiro atoms. The smallest absolute Gasteiger partial charge is 0.414 e. The Bertz CT molecular complexity index is 467. The molecular formula is C14H18N2O2. The third kappa shape index (κ3) is 1.82. The molecule has 0 aromatic heterocycles. The highest BCUT2D eigenvalue weighted by Gasteiger charge is 2.43. The molecule has 1 heterocycles. The van der Waals surface area contributed by atoms with Gasteiger partial charge in [-0.3, -0.25) is 4.90 Å². The third-order valence-corrected chi connectivity index (χ3v) is 4.06. The SMILES string of the molecule is Nc1ccccc1N1CCC2(CCCC2)OC1=O. The molecule has 0 radical (unpaired) electrons. The molecule has 18 heavy (non-hydrogen) atoms. The second kappa shape index (κ2) is 4.19. The third-order valence-electron chi connectivity index (χ3n) is 4.06. The van der Waals surface area contributed by atoms with Crippen LogP contribution in [0.15, 0.2) is 24.3 Å². The summed E-state index contributed by atoms with van der Waals surface area (Å²) in [7, 11) is 0. The number of para-hydroxylation sites is 2. The number of carbonyl (C=O) groups is 1. The number of hydrogen-bond acceptors (Lipinski definition) is 3. The van der Waals surface area contributed by atoms with Crippen LogP contribution in [0.5, 0.6) is 0 Å². The summed E-state index contributed by atoms with van der Waals surface area (Å²) in [6.07, 6.45) is 5.02. The Kier molecular flexibility index (Phi) is 2.65. The van der Waals surface area contributed by atoms with Gasteiger partial charge in [-0.15, -0.1) is 0 Å². The number of benzene rings is 1. The van der Waals surface area contributed by atoms with Gasteiger partial charge in [0, 0.05) is 13.0 Å². The summed E-state index contributed by atoms with van der Waals surface area (Å²) in [5.74, 6) is 0. The Hall–Kier alpha value is -1.71. The van der Waals surface area contributed by atoms with Crippen molar-refractivity contribution in [2.45, 2.75) is 37.7 Å². The van der Waals surface area contributed by atoms with Crippen LogP contribution in [0.4, 0.5) is 16.2 Å². The van der Waals surface area contributed by atoms with Gasteiger partial charge >= 0.3 is 6.09 Å². The van der Waals surface area contributed by atoms with E-state index in [0.717, 1.165) is 24.9 Å². The average Bonchev–Trinajstić information content (AvgIpc) is 2.79. The van der Waals surface area contributed by atoms with E-state index >= 15 is 0 Å². The molecule has 1 amide bonds. The molecule has 3 rings (SSSR count). The second-order valence-corrected chi connectivity index (χ2v) is 5.22. The Labute approximate surface area is 107 Å². The summed E-state index contributed by atoms with van der Waals surface area (Å²) in [6, 6.07) is 7.43. The maximum Gasteiger partial charge on any atom is 0.414 e. The van der Waals surface area contributed by atoms with E-state index in [0.29, 0.717) is 12.2 Å². The quantitative estimate of drug-likeness (QED) is 0.775. The lowest BCUT2D eigenvalue weighted by atomic mass is 9.96. The minimum absolute atomic E-state index is 0.183. The number of nitrogens with two attached hydrogens (primary N) is 1. The monoisotopic (exact) mass is 246 g/mol. The number of rotatable bonds is 1. The Balaban J connectivity index is 1.81. The van der Waals surface area contributed by atoms with E-state index in [1.165, 1.54) is 12.8 Å². The fraction of sp³-hybridized carbons (Fsp3) is 0.500. The summed E-state index contributed by atoms with van der Waals surface area (Å²) in [5.41, 5.74) is 7.11. The number of anilines is 2. The highest BCUT2D eigenvalue weighted by Crippen LogP contribution is 2.40. The number of ether oxygens (including phenoxy) is 1. The van der Waals surface area contributed by atoms with Crippen molar-refractivity contribution in [2.24, 2.45) is 0 Å². The Morgan fingerprint density at radius 2 is 1.89 bits per heavy atom. The predicted octanol–water partition coefficient (Wildman–Crippen LogP) is 2.93. The van der Waals surface area contributed by atoms with E-state index in [-0.39, 0.29) is 11.7 Å². The topological polar surface area (TPSA) is 55.6 Å². The second-order valence-electron chi connectivity index (χ2n) is 5.22. The molecule has 4 heteroatoms. The van der Waals surface area contributed by atoms with Crippen molar-refractivity contribution in [3.63, 3.8) is 0 Å². The first-order valence-electron chi connectivity index (χ1n) is 6.55. The van der Waals surface area contributed by atoms with Crippen molar-refractivity contribution >= 4 is 17.5 Å². The average molecular weight is 246 g/mol. The van der Waals surface area contributed by atoms with Gasteiger partial charge in [0.05, 0.1) is 11.4 Å². The summed E-state index contributed by atoms with van der Waals surface area (Å²) < 4.78 is 5.69. The van der Waals surface area contributed by atoms with E-state index in [4.69, 9.17) is 10.5 Å². The molecule has 1 aliphatic heterocycles. The molecule has 4 nitrogen and oxygen atoms in total. The maximum atomic E-state index is 12.2. The Morgan fingerprint density at radius 3 is 2.56 bits per heavy atom. The molecule has 0 atom stereocenters. The van der Waals surface area contributed by atoms with E-state index < -0.39 is 0 Å². The van der Waals surface area contributed by atoms with E-state index in [1.807, 2.05) is 24.3 Å². The largest absolute Gasteiger partial charge is 0.442 e. The van der Waals surface area contributed by atoms with Crippen LogP contribution >= 0.6 is 0 Å². The first kappa shape index (κ1) is 11.4. The molecule has 2 fully saturated rings. The lowest BCUT2D eigenvalue weighted by molar-refractivity contribution is 0.000574. The van der Waals surface area contributed by atoms with E-state index in [9.17, 15) is 4.79 Å². The van der Waals surface area contributed by atoms with Gasteiger partial charge in [-0.05, 0) is 37.8 Å². The van der Waals surface area contributed by atoms with Crippen LogP contribution in [-0.2, 0) is 4.74 Å². The van der Waals surface area contributed by atoms with Crippen LogP contribution < -0.4 is 10.6 Å². The molecule has 1 saturated heterocycles. The van der Waals surface area contributed by atoms with Crippen LogP contribution in [0.2, 0.25) is 0 Å². The van der Waals surface area contributed by atoms with E-state index in [2.05, 4.69) is 0 Å². The van der Waals surface area contributed by atoms with Crippen molar-refractivity contribution in [3.05, 3.63) is 24.3 Å². The zero-order valence-electron chi connectivity index (χ0n) is 10.4. The lowest BCUT2D eigenvalue weighted by Gasteiger charge is -2.39.